The number of hydrogen-bond acceptors (Lipinski definition) is 7. The first-order valence-corrected chi connectivity index (χ1v) is 8.89. The number of anilines is 1. The average Bonchev–Trinajstić information content (AvgIpc) is 3.01. The van der Waals surface area contributed by atoms with E-state index in [0.717, 1.165) is 47.6 Å². The Kier molecular flexibility index (Phi) is 3.73. The SMILES string of the molecule is Cc1nc(C)c(CN(C)C2CN(c3nccn4c(C)nnc34)C2)s1. The van der Waals surface area contributed by atoms with Gasteiger partial charge in [-0.1, -0.05) is 0 Å². The van der Waals surface area contributed by atoms with Crippen molar-refractivity contribution in [2.75, 3.05) is 25.0 Å². The monoisotopic (exact) mass is 343 g/mol. The molecule has 3 aromatic rings. The van der Waals surface area contributed by atoms with Crippen molar-refractivity contribution in [2.45, 2.75) is 33.4 Å². The molecule has 126 valence electrons. The molecule has 0 saturated carbocycles. The van der Waals surface area contributed by atoms with Gasteiger partial charge in [0.1, 0.15) is 5.82 Å². The number of fused-ring (bicyclic) bond motifs is 1. The van der Waals surface area contributed by atoms with Gasteiger partial charge in [-0.15, -0.1) is 21.5 Å². The fraction of sp³-hybridized carbons (Fsp3) is 0.500. The molecule has 1 fully saturated rings. The number of aryl methyl sites for hydroxylation is 3. The van der Waals surface area contributed by atoms with Crippen molar-refractivity contribution >= 4 is 22.8 Å². The molecule has 0 N–H and O–H groups in total. The Bertz CT molecular complexity index is 878. The van der Waals surface area contributed by atoms with Crippen molar-refractivity contribution in [1.29, 1.82) is 0 Å². The fourth-order valence-corrected chi connectivity index (χ4v) is 4.14. The van der Waals surface area contributed by atoms with E-state index in [9.17, 15) is 0 Å². The zero-order chi connectivity index (χ0) is 16.8. The van der Waals surface area contributed by atoms with Gasteiger partial charge in [-0.25, -0.2) is 9.97 Å². The van der Waals surface area contributed by atoms with E-state index in [2.05, 4.69) is 50.9 Å². The molecule has 1 aliphatic rings. The molecule has 1 aliphatic heterocycles. The van der Waals surface area contributed by atoms with Crippen LogP contribution in [0.3, 0.4) is 0 Å². The molecule has 3 aromatic heterocycles. The van der Waals surface area contributed by atoms with Gasteiger partial charge in [0.2, 0.25) is 5.65 Å². The highest BCUT2D eigenvalue weighted by Crippen LogP contribution is 2.26. The second-order valence-electron chi connectivity index (χ2n) is 6.41. The first-order chi connectivity index (χ1) is 11.5. The lowest BCUT2D eigenvalue weighted by atomic mass is 10.1. The highest BCUT2D eigenvalue weighted by Gasteiger charge is 2.33. The molecule has 8 heteroatoms. The van der Waals surface area contributed by atoms with Gasteiger partial charge in [-0.2, -0.15) is 0 Å². The summed E-state index contributed by atoms with van der Waals surface area (Å²) < 4.78 is 1.99. The molecule has 0 aliphatic carbocycles. The van der Waals surface area contributed by atoms with Crippen LogP contribution in [0.5, 0.6) is 0 Å². The highest BCUT2D eigenvalue weighted by molar-refractivity contribution is 7.11. The van der Waals surface area contributed by atoms with Crippen LogP contribution in [0.25, 0.3) is 5.65 Å². The van der Waals surface area contributed by atoms with Gasteiger partial charge in [-0.3, -0.25) is 9.30 Å². The van der Waals surface area contributed by atoms with Crippen LogP contribution < -0.4 is 4.90 Å². The summed E-state index contributed by atoms with van der Waals surface area (Å²) in [6.45, 7) is 9.00. The lowest BCUT2D eigenvalue weighted by molar-refractivity contribution is 0.198. The van der Waals surface area contributed by atoms with Crippen LogP contribution in [0.1, 0.15) is 21.4 Å². The normalized spacial score (nSPS) is 15.5. The standard InChI is InChI=1S/C16H21N7S/c1-10-14(24-12(3)18-10)9-21(4)13-7-22(8-13)15-16-20-19-11(2)23(16)6-5-17-15/h5-6,13H,7-9H2,1-4H3. The van der Waals surface area contributed by atoms with Crippen LogP contribution in [0.2, 0.25) is 0 Å². The van der Waals surface area contributed by atoms with Crippen LogP contribution >= 0.6 is 11.3 Å². The Morgan fingerprint density at radius 2 is 2.04 bits per heavy atom. The van der Waals surface area contributed by atoms with E-state index in [0.29, 0.717) is 6.04 Å². The van der Waals surface area contributed by atoms with Crippen molar-refractivity contribution in [3.05, 3.63) is 33.8 Å². The smallest absolute Gasteiger partial charge is 0.203 e. The van der Waals surface area contributed by atoms with Crippen molar-refractivity contribution < 1.29 is 0 Å². The Morgan fingerprint density at radius 3 is 2.75 bits per heavy atom. The van der Waals surface area contributed by atoms with Gasteiger partial charge >= 0.3 is 0 Å². The molecule has 0 amide bonds. The Balaban J connectivity index is 1.45. The summed E-state index contributed by atoms with van der Waals surface area (Å²) in [4.78, 5) is 15.1. The van der Waals surface area contributed by atoms with Crippen LogP contribution in [0.4, 0.5) is 5.82 Å². The van der Waals surface area contributed by atoms with E-state index in [-0.39, 0.29) is 0 Å². The summed E-state index contributed by atoms with van der Waals surface area (Å²) >= 11 is 1.80. The van der Waals surface area contributed by atoms with Gasteiger partial charge in [0.15, 0.2) is 5.82 Å². The maximum Gasteiger partial charge on any atom is 0.203 e. The number of likely N-dealkylation sites (N-methyl/N-ethyl adjacent to an activating group) is 1. The van der Waals surface area contributed by atoms with Crippen LogP contribution in [0.15, 0.2) is 12.4 Å². The Morgan fingerprint density at radius 1 is 1.25 bits per heavy atom. The van der Waals surface area contributed by atoms with E-state index in [1.807, 2.05) is 23.7 Å². The number of hydrogen-bond donors (Lipinski definition) is 0. The molecule has 0 atom stereocenters. The lowest BCUT2D eigenvalue weighted by Gasteiger charge is -2.44. The van der Waals surface area contributed by atoms with Crippen molar-refractivity contribution in [3.63, 3.8) is 0 Å². The third-order valence-corrected chi connectivity index (χ3v) is 5.71. The summed E-state index contributed by atoms with van der Waals surface area (Å²) in [6.07, 6.45) is 3.73. The van der Waals surface area contributed by atoms with E-state index < -0.39 is 0 Å². The van der Waals surface area contributed by atoms with Crippen molar-refractivity contribution in [3.8, 4) is 0 Å². The van der Waals surface area contributed by atoms with Gasteiger partial charge in [-0.05, 0) is 27.8 Å². The first kappa shape index (κ1) is 15.5. The highest BCUT2D eigenvalue weighted by atomic mass is 32.1. The van der Waals surface area contributed by atoms with Crippen molar-refractivity contribution in [2.24, 2.45) is 0 Å². The maximum atomic E-state index is 4.52. The van der Waals surface area contributed by atoms with Crippen molar-refractivity contribution in [1.82, 2.24) is 29.5 Å². The minimum atomic E-state index is 0.526. The first-order valence-electron chi connectivity index (χ1n) is 8.07. The predicted octanol–water partition coefficient (Wildman–Crippen LogP) is 1.83. The second kappa shape index (κ2) is 5.78. The molecule has 4 heterocycles. The summed E-state index contributed by atoms with van der Waals surface area (Å²) in [5.41, 5.74) is 2.00. The summed E-state index contributed by atoms with van der Waals surface area (Å²) in [7, 11) is 2.19. The zero-order valence-electron chi connectivity index (χ0n) is 14.4. The molecule has 0 aromatic carbocycles. The number of thiazole rings is 1. The Hall–Kier alpha value is -2.06. The summed E-state index contributed by atoms with van der Waals surface area (Å²) in [5.74, 6) is 1.81. The molecule has 7 nitrogen and oxygen atoms in total. The quantitative estimate of drug-likeness (QED) is 0.720. The molecule has 0 spiro atoms. The topological polar surface area (TPSA) is 62.5 Å². The second-order valence-corrected chi connectivity index (χ2v) is 7.69. The average molecular weight is 343 g/mol. The van der Waals surface area contributed by atoms with Crippen LogP contribution in [-0.2, 0) is 6.54 Å². The molecule has 1 saturated heterocycles. The maximum absolute atomic E-state index is 4.52. The van der Waals surface area contributed by atoms with Gasteiger partial charge in [0, 0.05) is 42.9 Å². The minimum absolute atomic E-state index is 0.526. The Labute approximate surface area is 145 Å². The van der Waals surface area contributed by atoms with E-state index in [1.165, 1.54) is 4.88 Å². The molecular formula is C16H21N7S. The molecule has 0 bridgehead atoms. The molecule has 4 rings (SSSR count). The van der Waals surface area contributed by atoms with E-state index in [1.54, 1.807) is 11.3 Å². The predicted molar refractivity (Wildman–Crippen MR) is 94.6 cm³/mol. The minimum Gasteiger partial charge on any atom is -0.350 e. The third-order valence-electron chi connectivity index (χ3n) is 4.66. The van der Waals surface area contributed by atoms with Gasteiger partial charge < -0.3 is 4.90 Å². The fourth-order valence-electron chi connectivity index (χ4n) is 3.13. The number of aromatic nitrogens is 5. The molecule has 0 unspecified atom stereocenters. The lowest BCUT2D eigenvalue weighted by Crippen LogP contribution is -2.58. The summed E-state index contributed by atoms with van der Waals surface area (Å²) in [6, 6.07) is 0.526. The van der Waals surface area contributed by atoms with Gasteiger partial charge in [0.05, 0.1) is 10.7 Å². The van der Waals surface area contributed by atoms with E-state index >= 15 is 0 Å². The summed E-state index contributed by atoms with van der Waals surface area (Å²) in [5, 5.41) is 9.55. The molecular weight excluding hydrogens is 322 g/mol. The van der Waals surface area contributed by atoms with Crippen LogP contribution in [0, 0.1) is 20.8 Å². The zero-order valence-corrected chi connectivity index (χ0v) is 15.2. The number of nitrogens with zero attached hydrogens (tertiary/aromatic N) is 7. The molecule has 24 heavy (non-hydrogen) atoms. The third kappa shape index (κ3) is 2.55. The largest absolute Gasteiger partial charge is 0.350 e. The number of rotatable bonds is 4. The van der Waals surface area contributed by atoms with E-state index in [4.69, 9.17) is 0 Å². The van der Waals surface area contributed by atoms with Gasteiger partial charge in [0.25, 0.3) is 0 Å². The van der Waals surface area contributed by atoms with Crippen LogP contribution in [-0.4, -0.2) is 55.6 Å². The molecule has 0 radical (unpaired) electrons.